The number of carbonyl (C=O) groups is 1. The molecule has 0 aliphatic heterocycles. The van der Waals surface area contributed by atoms with Crippen molar-refractivity contribution in [2.75, 3.05) is 12.4 Å². The summed E-state index contributed by atoms with van der Waals surface area (Å²) in [5.74, 6) is 0.668. The van der Waals surface area contributed by atoms with Gasteiger partial charge in [-0.05, 0) is 18.2 Å². The molecule has 0 radical (unpaired) electrons. The van der Waals surface area contributed by atoms with Crippen LogP contribution in [0.3, 0.4) is 0 Å². The average Bonchev–Trinajstić information content (AvgIpc) is 2.27. The number of nitrogens with zero attached hydrogens (tertiary/aromatic N) is 1. The molecule has 16 heavy (non-hydrogen) atoms. The number of carbonyl (C=O) groups excluding carboxylic acids is 1. The second-order valence-electron chi connectivity index (χ2n) is 3.46. The fraction of sp³-hybridized carbons (Fsp3) is 0.167. The molecule has 82 valence electrons. The molecule has 1 aromatic heterocycles. The average molecular weight is 216 g/mol. The van der Waals surface area contributed by atoms with Gasteiger partial charge in [-0.3, -0.25) is 9.78 Å². The third kappa shape index (κ3) is 2.11. The number of hydrogen-bond donors (Lipinski definition) is 1. The van der Waals surface area contributed by atoms with Gasteiger partial charge in [0.15, 0.2) is 0 Å². The number of aromatic nitrogens is 1. The predicted octanol–water partition coefficient (Wildman–Crippen LogP) is 2.20. The quantitative estimate of drug-likeness (QED) is 0.837. The predicted molar refractivity (Wildman–Crippen MR) is 62.6 cm³/mol. The Morgan fingerprint density at radius 1 is 1.38 bits per heavy atom. The second kappa shape index (κ2) is 4.18. The molecule has 0 fully saturated rings. The molecule has 1 amide bonds. The SMILES string of the molecule is COc1ccc2cc(NC(C)=O)cnc2c1. The van der Waals surface area contributed by atoms with Gasteiger partial charge in [-0.1, -0.05) is 0 Å². The van der Waals surface area contributed by atoms with E-state index >= 15 is 0 Å². The molecule has 2 rings (SSSR count). The van der Waals surface area contributed by atoms with Crippen LogP contribution in [-0.4, -0.2) is 18.0 Å². The Morgan fingerprint density at radius 3 is 2.88 bits per heavy atom. The number of hydrogen-bond acceptors (Lipinski definition) is 3. The maximum Gasteiger partial charge on any atom is 0.221 e. The van der Waals surface area contributed by atoms with E-state index in [1.54, 1.807) is 13.3 Å². The van der Waals surface area contributed by atoms with E-state index in [0.717, 1.165) is 16.7 Å². The largest absolute Gasteiger partial charge is 0.497 e. The molecule has 0 bridgehead atoms. The summed E-state index contributed by atoms with van der Waals surface area (Å²) < 4.78 is 5.11. The van der Waals surface area contributed by atoms with Crippen LogP contribution in [0.1, 0.15) is 6.92 Å². The maximum atomic E-state index is 10.9. The summed E-state index contributed by atoms with van der Waals surface area (Å²) in [5.41, 5.74) is 1.54. The first-order valence-electron chi connectivity index (χ1n) is 4.90. The van der Waals surface area contributed by atoms with E-state index in [1.165, 1.54) is 6.92 Å². The number of methoxy groups -OCH3 is 1. The number of fused-ring (bicyclic) bond motifs is 1. The lowest BCUT2D eigenvalue weighted by atomic mass is 10.2. The monoisotopic (exact) mass is 216 g/mol. The molecule has 1 N–H and O–H groups in total. The molecule has 0 spiro atoms. The highest BCUT2D eigenvalue weighted by molar-refractivity contribution is 5.91. The van der Waals surface area contributed by atoms with E-state index in [-0.39, 0.29) is 5.91 Å². The number of rotatable bonds is 2. The van der Waals surface area contributed by atoms with Crippen LogP contribution in [-0.2, 0) is 4.79 Å². The van der Waals surface area contributed by atoms with Gasteiger partial charge in [-0.25, -0.2) is 0 Å². The first-order chi connectivity index (χ1) is 7.69. The van der Waals surface area contributed by atoms with Crippen molar-refractivity contribution < 1.29 is 9.53 Å². The van der Waals surface area contributed by atoms with Crippen LogP contribution >= 0.6 is 0 Å². The van der Waals surface area contributed by atoms with Crippen LogP contribution < -0.4 is 10.1 Å². The Hall–Kier alpha value is -2.10. The number of ether oxygens (including phenoxy) is 1. The number of anilines is 1. The molecule has 1 aromatic carbocycles. The lowest BCUT2D eigenvalue weighted by Crippen LogP contribution is -2.05. The van der Waals surface area contributed by atoms with Gasteiger partial charge in [0, 0.05) is 18.4 Å². The Morgan fingerprint density at radius 2 is 2.19 bits per heavy atom. The Balaban J connectivity index is 2.43. The molecule has 0 aliphatic rings. The van der Waals surface area contributed by atoms with Gasteiger partial charge < -0.3 is 10.1 Å². The number of benzene rings is 1. The maximum absolute atomic E-state index is 10.9. The summed E-state index contributed by atoms with van der Waals surface area (Å²) >= 11 is 0. The highest BCUT2D eigenvalue weighted by Gasteiger charge is 2.00. The van der Waals surface area contributed by atoms with Crippen molar-refractivity contribution in [2.45, 2.75) is 6.92 Å². The zero-order chi connectivity index (χ0) is 11.5. The van der Waals surface area contributed by atoms with Gasteiger partial charge >= 0.3 is 0 Å². The molecule has 0 atom stereocenters. The smallest absolute Gasteiger partial charge is 0.221 e. The Labute approximate surface area is 93.3 Å². The summed E-state index contributed by atoms with van der Waals surface area (Å²) in [6.45, 7) is 1.47. The normalized spacial score (nSPS) is 10.1. The number of amides is 1. The highest BCUT2D eigenvalue weighted by Crippen LogP contribution is 2.21. The van der Waals surface area contributed by atoms with Crippen molar-refractivity contribution >= 4 is 22.5 Å². The van der Waals surface area contributed by atoms with Crippen LogP contribution in [0, 0.1) is 0 Å². The van der Waals surface area contributed by atoms with Crippen molar-refractivity contribution in [2.24, 2.45) is 0 Å². The van der Waals surface area contributed by atoms with Crippen LogP contribution in [0.4, 0.5) is 5.69 Å². The summed E-state index contributed by atoms with van der Waals surface area (Å²) in [6, 6.07) is 7.50. The number of nitrogens with one attached hydrogen (secondary N) is 1. The third-order valence-electron chi connectivity index (χ3n) is 2.21. The van der Waals surface area contributed by atoms with Crippen LogP contribution in [0.15, 0.2) is 30.5 Å². The van der Waals surface area contributed by atoms with Gasteiger partial charge in [0.05, 0.1) is 24.5 Å². The van der Waals surface area contributed by atoms with Crippen molar-refractivity contribution in [3.8, 4) is 5.75 Å². The third-order valence-corrected chi connectivity index (χ3v) is 2.21. The molecule has 4 nitrogen and oxygen atoms in total. The van der Waals surface area contributed by atoms with Crippen molar-refractivity contribution in [3.05, 3.63) is 30.5 Å². The fourth-order valence-electron chi connectivity index (χ4n) is 1.50. The van der Waals surface area contributed by atoms with Crippen molar-refractivity contribution in [1.29, 1.82) is 0 Å². The second-order valence-corrected chi connectivity index (χ2v) is 3.46. The molecular weight excluding hydrogens is 204 g/mol. The highest BCUT2D eigenvalue weighted by atomic mass is 16.5. The summed E-state index contributed by atoms with van der Waals surface area (Å²) in [5, 5.41) is 3.66. The minimum absolute atomic E-state index is 0.102. The van der Waals surface area contributed by atoms with E-state index in [4.69, 9.17) is 4.74 Å². The topological polar surface area (TPSA) is 51.2 Å². The zero-order valence-corrected chi connectivity index (χ0v) is 9.15. The first kappa shape index (κ1) is 10.4. The minimum Gasteiger partial charge on any atom is -0.497 e. The molecule has 0 saturated heterocycles. The molecule has 0 saturated carbocycles. The van der Waals surface area contributed by atoms with Gasteiger partial charge in [0.1, 0.15) is 5.75 Å². The summed E-state index contributed by atoms with van der Waals surface area (Å²) in [6.07, 6.45) is 1.63. The zero-order valence-electron chi connectivity index (χ0n) is 9.15. The molecule has 2 aromatic rings. The van der Waals surface area contributed by atoms with Crippen LogP contribution in [0.5, 0.6) is 5.75 Å². The first-order valence-corrected chi connectivity index (χ1v) is 4.90. The van der Waals surface area contributed by atoms with E-state index in [1.807, 2.05) is 24.3 Å². The molecular formula is C12H12N2O2. The molecule has 4 heteroatoms. The summed E-state index contributed by atoms with van der Waals surface area (Å²) in [7, 11) is 1.62. The lowest BCUT2D eigenvalue weighted by Gasteiger charge is -2.05. The van der Waals surface area contributed by atoms with Gasteiger partial charge in [0.25, 0.3) is 0 Å². The summed E-state index contributed by atoms with van der Waals surface area (Å²) in [4.78, 5) is 15.1. The van der Waals surface area contributed by atoms with E-state index in [0.29, 0.717) is 5.69 Å². The Kier molecular flexibility index (Phi) is 2.72. The molecule has 1 heterocycles. The lowest BCUT2D eigenvalue weighted by molar-refractivity contribution is -0.114. The standard InChI is InChI=1S/C12H12N2O2/c1-8(15)14-10-5-9-3-4-11(16-2)6-12(9)13-7-10/h3-7H,1-2H3,(H,14,15). The fourth-order valence-corrected chi connectivity index (χ4v) is 1.50. The number of pyridine rings is 1. The van der Waals surface area contributed by atoms with Crippen molar-refractivity contribution in [3.63, 3.8) is 0 Å². The minimum atomic E-state index is -0.102. The van der Waals surface area contributed by atoms with Crippen molar-refractivity contribution in [1.82, 2.24) is 4.98 Å². The van der Waals surface area contributed by atoms with E-state index in [9.17, 15) is 4.79 Å². The van der Waals surface area contributed by atoms with E-state index in [2.05, 4.69) is 10.3 Å². The van der Waals surface area contributed by atoms with Gasteiger partial charge in [0.2, 0.25) is 5.91 Å². The molecule has 0 aliphatic carbocycles. The van der Waals surface area contributed by atoms with Gasteiger partial charge in [-0.15, -0.1) is 0 Å². The van der Waals surface area contributed by atoms with Gasteiger partial charge in [-0.2, -0.15) is 0 Å². The van der Waals surface area contributed by atoms with Crippen LogP contribution in [0.2, 0.25) is 0 Å². The Bertz CT molecular complexity index is 538. The van der Waals surface area contributed by atoms with E-state index < -0.39 is 0 Å². The van der Waals surface area contributed by atoms with Crippen LogP contribution in [0.25, 0.3) is 10.9 Å². The molecule has 0 unspecified atom stereocenters.